The van der Waals surface area contributed by atoms with Crippen LogP contribution < -0.4 is 0 Å². The Morgan fingerprint density at radius 2 is 1.58 bits per heavy atom. The second kappa shape index (κ2) is 10.3. The van der Waals surface area contributed by atoms with Crippen LogP contribution in [0.3, 0.4) is 0 Å². The van der Waals surface area contributed by atoms with Gasteiger partial charge in [-0.25, -0.2) is 14.6 Å². The Balaban J connectivity index is 0.000000230. The van der Waals surface area contributed by atoms with Crippen LogP contribution in [-0.4, -0.2) is 85.6 Å². The van der Waals surface area contributed by atoms with E-state index >= 15 is 0 Å². The van der Waals surface area contributed by atoms with Gasteiger partial charge in [-0.15, -0.1) is 0 Å². The van der Waals surface area contributed by atoms with Crippen LogP contribution in [0.25, 0.3) is 0 Å². The largest absolute Gasteiger partial charge is 0.490 e. The minimum absolute atomic E-state index is 0.535. The first-order valence-corrected chi connectivity index (χ1v) is 10.2. The van der Waals surface area contributed by atoms with Gasteiger partial charge in [0.25, 0.3) is 0 Å². The van der Waals surface area contributed by atoms with Gasteiger partial charge in [-0.05, 0) is 31.6 Å². The van der Waals surface area contributed by atoms with Crippen LogP contribution in [0.2, 0.25) is 0 Å². The zero-order chi connectivity index (χ0) is 25.0. The molecule has 1 aromatic heterocycles. The molecule has 8 nitrogen and oxygen atoms in total. The average molecular weight is 488 g/mol. The summed E-state index contributed by atoms with van der Waals surface area (Å²) >= 11 is 0. The maximum atomic E-state index is 10.6. The zero-order valence-electron chi connectivity index (χ0n) is 17.9. The maximum Gasteiger partial charge on any atom is 0.490 e. The molecule has 1 aliphatic carbocycles. The topological polar surface area (TPSA) is 98.9 Å². The number of halogens is 6. The predicted octanol–water partition coefficient (Wildman–Crippen LogP) is 2.75. The zero-order valence-corrected chi connectivity index (χ0v) is 17.9. The van der Waals surface area contributed by atoms with Gasteiger partial charge in [-0.1, -0.05) is 0 Å². The summed E-state index contributed by atoms with van der Waals surface area (Å²) in [6.45, 7) is 6.23. The fourth-order valence-corrected chi connectivity index (χ4v) is 3.77. The molecule has 2 N–H and O–H groups in total. The van der Waals surface area contributed by atoms with Gasteiger partial charge in [0, 0.05) is 51.2 Å². The predicted molar refractivity (Wildman–Crippen MR) is 102 cm³/mol. The Hall–Kier alpha value is -2.35. The van der Waals surface area contributed by atoms with E-state index in [1.54, 1.807) is 0 Å². The number of rotatable bonds is 4. The van der Waals surface area contributed by atoms with E-state index in [1.807, 2.05) is 12.4 Å². The molecule has 0 amide bonds. The van der Waals surface area contributed by atoms with Crippen LogP contribution in [0.5, 0.6) is 0 Å². The van der Waals surface area contributed by atoms with Crippen molar-refractivity contribution in [2.45, 2.75) is 50.1 Å². The molecule has 188 valence electrons. The summed E-state index contributed by atoms with van der Waals surface area (Å²) in [7, 11) is 2.09. The summed E-state index contributed by atoms with van der Waals surface area (Å²) in [5, 5.41) is 14.2. The van der Waals surface area contributed by atoms with E-state index in [9.17, 15) is 26.3 Å². The van der Waals surface area contributed by atoms with Crippen LogP contribution in [0, 0.1) is 5.92 Å². The van der Waals surface area contributed by atoms with Crippen LogP contribution in [0.4, 0.5) is 26.3 Å². The minimum Gasteiger partial charge on any atom is -0.475 e. The maximum absolute atomic E-state index is 10.6. The smallest absolute Gasteiger partial charge is 0.475 e. The van der Waals surface area contributed by atoms with Crippen molar-refractivity contribution in [1.82, 2.24) is 19.4 Å². The monoisotopic (exact) mass is 488 g/mol. The van der Waals surface area contributed by atoms with Crippen molar-refractivity contribution in [2.75, 3.05) is 26.2 Å². The summed E-state index contributed by atoms with van der Waals surface area (Å²) in [4.78, 5) is 27.6. The summed E-state index contributed by atoms with van der Waals surface area (Å²) < 4.78 is 65.6. The van der Waals surface area contributed by atoms with Crippen molar-refractivity contribution < 1.29 is 46.1 Å². The molecule has 0 bridgehead atoms. The molecule has 1 atom stereocenters. The molecule has 3 aliphatic rings. The summed E-state index contributed by atoms with van der Waals surface area (Å²) in [5.74, 6) is -3.29. The fraction of sp³-hybridized carbons (Fsp3) is 0.737. The number of hydrogen-bond acceptors (Lipinski definition) is 5. The standard InChI is InChI=1S/C15H24N4.2C2HF3O2/c1-17-9-6-16-14(17)11-18-7-4-15(12-18)5-8-19(15)10-13-2-3-13;2*3-2(4,5)1(6)7/h6,9,13H,2-5,7-8,10-12H2,1H3;2*(H,6,7). The van der Waals surface area contributed by atoms with Crippen molar-refractivity contribution in [3.63, 3.8) is 0 Å². The molecule has 2 saturated heterocycles. The van der Waals surface area contributed by atoms with Crippen molar-refractivity contribution in [1.29, 1.82) is 0 Å². The van der Waals surface area contributed by atoms with Gasteiger partial charge < -0.3 is 14.8 Å². The Kier molecular flexibility index (Phi) is 8.38. The highest BCUT2D eigenvalue weighted by atomic mass is 19.4. The number of carbonyl (C=O) groups is 2. The van der Waals surface area contributed by atoms with E-state index in [0.717, 1.165) is 12.5 Å². The molecule has 4 rings (SSSR count). The lowest BCUT2D eigenvalue weighted by Crippen LogP contribution is -2.61. The Bertz CT molecular complexity index is 800. The third-order valence-electron chi connectivity index (χ3n) is 5.88. The summed E-state index contributed by atoms with van der Waals surface area (Å²) in [6, 6.07) is 0. The lowest BCUT2D eigenvalue weighted by Gasteiger charge is -2.51. The van der Waals surface area contributed by atoms with Crippen molar-refractivity contribution >= 4 is 11.9 Å². The normalized spacial score (nSPS) is 23.2. The first kappa shape index (κ1) is 26.9. The number of aryl methyl sites for hydroxylation is 1. The quantitative estimate of drug-likeness (QED) is 0.629. The van der Waals surface area contributed by atoms with Crippen LogP contribution in [-0.2, 0) is 23.2 Å². The second-order valence-electron chi connectivity index (χ2n) is 8.38. The van der Waals surface area contributed by atoms with E-state index in [1.165, 1.54) is 57.7 Å². The third kappa shape index (κ3) is 7.88. The van der Waals surface area contributed by atoms with E-state index in [4.69, 9.17) is 19.8 Å². The van der Waals surface area contributed by atoms with Gasteiger partial charge >= 0.3 is 24.3 Å². The highest BCUT2D eigenvalue weighted by molar-refractivity contribution is 5.73. The number of aromatic nitrogens is 2. The average Bonchev–Trinajstić information content (AvgIpc) is 3.26. The molecule has 33 heavy (non-hydrogen) atoms. The molecule has 0 radical (unpaired) electrons. The molecule has 3 fully saturated rings. The molecule has 0 aromatic carbocycles. The lowest BCUT2D eigenvalue weighted by atomic mass is 9.83. The Morgan fingerprint density at radius 3 is 1.94 bits per heavy atom. The lowest BCUT2D eigenvalue weighted by molar-refractivity contribution is -0.193. The summed E-state index contributed by atoms with van der Waals surface area (Å²) in [5.41, 5.74) is 0.535. The molecular weight excluding hydrogens is 462 g/mol. The molecule has 1 saturated carbocycles. The first-order chi connectivity index (χ1) is 15.1. The molecule has 14 heteroatoms. The van der Waals surface area contributed by atoms with Crippen LogP contribution in [0.15, 0.2) is 12.4 Å². The van der Waals surface area contributed by atoms with Gasteiger partial charge in [0.2, 0.25) is 0 Å². The number of imidazole rings is 1. The van der Waals surface area contributed by atoms with Gasteiger partial charge in [0.1, 0.15) is 5.82 Å². The third-order valence-corrected chi connectivity index (χ3v) is 5.88. The van der Waals surface area contributed by atoms with Crippen molar-refractivity contribution in [3.05, 3.63) is 18.2 Å². The number of nitrogens with zero attached hydrogens (tertiary/aromatic N) is 4. The SMILES string of the molecule is Cn1ccnc1CN1CCC2(CCN2CC2CC2)C1.O=C(O)C(F)(F)F.O=C(O)C(F)(F)F. The van der Waals surface area contributed by atoms with Crippen LogP contribution in [0.1, 0.15) is 31.5 Å². The van der Waals surface area contributed by atoms with E-state index < -0.39 is 24.3 Å². The highest BCUT2D eigenvalue weighted by Gasteiger charge is 2.50. The fourth-order valence-electron chi connectivity index (χ4n) is 3.77. The number of hydrogen-bond donors (Lipinski definition) is 2. The molecule has 1 aromatic rings. The van der Waals surface area contributed by atoms with E-state index in [2.05, 4.69) is 26.4 Å². The van der Waals surface area contributed by atoms with Crippen LogP contribution >= 0.6 is 0 Å². The van der Waals surface area contributed by atoms with Gasteiger partial charge in [0.15, 0.2) is 0 Å². The minimum atomic E-state index is -5.08. The molecule has 1 unspecified atom stereocenters. The highest BCUT2D eigenvalue weighted by Crippen LogP contribution is 2.42. The summed E-state index contributed by atoms with van der Waals surface area (Å²) in [6.07, 6.45) is -0.484. The van der Waals surface area contributed by atoms with Crippen molar-refractivity contribution in [3.8, 4) is 0 Å². The molecule has 2 aliphatic heterocycles. The molecule has 3 heterocycles. The Labute approximate surface area is 185 Å². The number of carboxylic acids is 2. The van der Waals surface area contributed by atoms with E-state index in [-0.39, 0.29) is 0 Å². The first-order valence-electron chi connectivity index (χ1n) is 10.2. The Morgan fingerprint density at radius 1 is 1.06 bits per heavy atom. The number of carboxylic acid groups (broad SMARTS) is 2. The van der Waals surface area contributed by atoms with Crippen molar-refractivity contribution in [2.24, 2.45) is 13.0 Å². The van der Waals surface area contributed by atoms with Gasteiger partial charge in [-0.3, -0.25) is 9.80 Å². The molecule has 1 spiro atoms. The van der Waals surface area contributed by atoms with E-state index in [0.29, 0.717) is 5.54 Å². The number of likely N-dealkylation sites (tertiary alicyclic amines) is 2. The second-order valence-corrected chi connectivity index (χ2v) is 8.38. The van der Waals surface area contributed by atoms with Gasteiger partial charge in [0.05, 0.1) is 6.54 Å². The number of aliphatic carboxylic acids is 2. The molecular formula is C19H26F6N4O4. The van der Waals surface area contributed by atoms with Gasteiger partial charge in [-0.2, -0.15) is 26.3 Å². The number of alkyl halides is 6.